The van der Waals surface area contributed by atoms with Gasteiger partial charge >= 0.3 is 0 Å². The molecule has 0 N–H and O–H groups in total. The van der Waals surface area contributed by atoms with Crippen molar-refractivity contribution >= 4 is 29.7 Å². The molecule has 0 aromatic heterocycles. The third-order valence-electron chi connectivity index (χ3n) is 2.20. The largest absolute Gasteiger partial charge is 0.378 e. The van der Waals surface area contributed by atoms with E-state index in [-0.39, 0.29) is 12.4 Å². The molecule has 1 fully saturated rings. The van der Waals surface area contributed by atoms with Crippen molar-refractivity contribution in [3.63, 3.8) is 0 Å². The molecule has 78 valence electrons. The van der Waals surface area contributed by atoms with E-state index in [9.17, 15) is 0 Å². The molecule has 0 radical (unpaired) electrons. The standard InChI is InChI=1S/C10H12ClNO.ClH/c11-9-1-3-10(4-2-9)12-5-7-13-8-6-12;/h1-4H,5-8H2;1H. The van der Waals surface area contributed by atoms with E-state index in [1.54, 1.807) is 0 Å². The molecule has 1 heterocycles. The van der Waals surface area contributed by atoms with Crippen molar-refractivity contribution in [2.45, 2.75) is 0 Å². The molecule has 0 bridgehead atoms. The van der Waals surface area contributed by atoms with E-state index in [1.165, 1.54) is 5.69 Å². The predicted molar refractivity (Wildman–Crippen MR) is 61.7 cm³/mol. The number of ether oxygens (including phenoxy) is 1. The third-order valence-corrected chi connectivity index (χ3v) is 2.45. The molecule has 0 unspecified atom stereocenters. The minimum Gasteiger partial charge on any atom is -0.378 e. The number of hydrogen-bond acceptors (Lipinski definition) is 2. The van der Waals surface area contributed by atoms with Gasteiger partial charge in [0.2, 0.25) is 0 Å². The summed E-state index contributed by atoms with van der Waals surface area (Å²) < 4.78 is 5.28. The van der Waals surface area contributed by atoms with Crippen LogP contribution in [0, 0.1) is 0 Å². The Bertz CT molecular complexity index is 270. The number of benzene rings is 1. The lowest BCUT2D eigenvalue weighted by atomic mass is 10.2. The molecule has 14 heavy (non-hydrogen) atoms. The molecule has 2 nitrogen and oxygen atoms in total. The van der Waals surface area contributed by atoms with Crippen molar-refractivity contribution in [3.05, 3.63) is 29.3 Å². The van der Waals surface area contributed by atoms with Crippen LogP contribution in [0.1, 0.15) is 0 Å². The Morgan fingerprint density at radius 3 is 2.21 bits per heavy atom. The summed E-state index contributed by atoms with van der Waals surface area (Å²) >= 11 is 5.81. The number of halogens is 2. The van der Waals surface area contributed by atoms with Gasteiger partial charge in [-0.25, -0.2) is 0 Å². The molecule has 1 saturated heterocycles. The van der Waals surface area contributed by atoms with Crippen LogP contribution in [-0.4, -0.2) is 26.3 Å². The van der Waals surface area contributed by atoms with Gasteiger partial charge in [-0.1, -0.05) is 11.6 Å². The molecular weight excluding hydrogens is 221 g/mol. The number of morpholine rings is 1. The molecule has 1 aliphatic rings. The van der Waals surface area contributed by atoms with Gasteiger partial charge in [0.05, 0.1) is 13.2 Å². The fraction of sp³-hybridized carbons (Fsp3) is 0.400. The quantitative estimate of drug-likeness (QED) is 0.740. The maximum absolute atomic E-state index is 5.81. The van der Waals surface area contributed by atoms with Crippen LogP contribution >= 0.6 is 24.0 Å². The normalized spacial score (nSPS) is 16.2. The summed E-state index contributed by atoms with van der Waals surface area (Å²) in [5.41, 5.74) is 1.23. The summed E-state index contributed by atoms with van der Waals surface area (Å²) in [5.74, 6) is 0. The number of anilines is 1. The first kappa shape index (κ1) is 11.6. The van der Waals surface area contributed by atoms with Crippen LogP contribution in [0.2, 0.25) is 5.02 Å². The number of rotatable bonds is 1. The maximum atomic E-state index is 5.81. The second-order valence-corrected chi connectivity index (χ2v) is 3.51. The molecule has 1 aromatic carbocycles. The van der Waals surface area contributed by atoms with Gasteiger partial charge in [-0.3, -0.25) is 0 Å². The molecule has 1 aromatic rings. The summed E-state index contributed by atoms with van der Waals surface area (Å²) in [7, 11) is 0. The monoisotopic (exact) mass is 233 g/mol. The highest BCUT2D eigenvalue weighted by Crippen LogP contribution is 2.18. The lowest BCUT2D eigenvalue weighted by Crippen LogP contribution is -2.36. The molecule has 4 heteroatoms. The van der Waals surface area contributed by atoms with Gasteiger partial charge in [0.25, 0.3) is 0 Å². The van der Waals surface area contributed by atoms with Gasteiger partial charge in [-0.05, 0) is 24.3 Å². The Labute approximate surface area is 95.2 Å². The minimum absolute atomic E-state index is 0. The Balaban J connectivity index is 0.000000980. The smallest absolute Gasteiger partial charge is 0.0642 e. The lowest BCUT2D eigenvalue weighted by molar-refractivity contribution is 0.122. The van der Waals surface area contributed by atoms with E-state index >= 15 is 0 Å². The van der Waals surface area contributed by atoms with Gasteiger partial charge in [-0.15, -0.1) is 12.4 Å². The maximum Gasteiger partial charge on any atom is 0.0642 e. The van der Waals surface area contributed by atoms with Crippen LogP contribution in [0.3, 0.4) is 0 Å². The van der Waals surface area contributed by atoms with Gasteiger partial charge in [0.15, 0.2) is 0 Å². The van der Waals surface area contributed by atoms with Crippen LogP contribution in [0.4, 0.5) is 5.69 Å². The van der Waals surface area contributed by atoms with Crippen molar-refractivity contribution in [2.75, 3.05) is 31.2 Å². The van der Waals surface area contributed by atoms with Crippen LogP contribution in [0.25, 0.3) is 0 Å². The summed E-state index contributed by atoms with van der Waals surface area (Å²) in [4.78, 5) is 2.31. The van der Waals surface area contributed by atoms with Gasteiger partial charge in [-0.2, -0.15) is 0 Å². The van der Waals surface area contributed by atoms with Crippen molar-refractivity contribution in [1.82, 2.24) is 0 Å². The molecule has 0 aliphatic carbocycles. The number of hydrogen-bond donors (Lipinski definition) is 0. The van der Waals surface area contributed by atoms with Crippen LogP contribution in [0.5, 0.6) is 0 Å². The van der Waals surface area contributed by atoms with E-state index in [0.717, 1.165) is 31.3 Å². The molecule has 0 saturated carbocycles. The Hall–Kier alpha value is -0.440. The highest BCUT2D eigenvalue weighted by Gasteiger charge is 2.10. The predicted octanol–water partition coefficient (Wildman–Crippen LogP) is 2.60. The highest BCUT2D eigenvalue weighted by atomic mass is 35.5. The molecule has 0 amide bonds. The lowest BCUT2D eigenvalue weighted by Gasteiger charge is -2.28. The summed E-state index contributed by atoms with van der Waals surface area (Å²) in [6.07, 6.45) is 0. The van der Waals surface area contributed by atoms with E-state index in [2.05, 4.69) is 4.90 Å². The topological polar surface area (TPSA) is 12.5 Å². The van der Waals surface area contributed by atoms with Crippen LogP contribution in [-0.2, 0) is 4.74 Å². The van der Waals surface area contributed by atoms with E-state index in [4.69, 9.17) is 16.3 Å². The Morgan fingerprint density at radius 2 is 1.64 bits per heavy atom. The van der Waals surface area contributed by atoms with Crippen LogP contribution in [0.15, 0.2) is 24.3 Å². The van der Waals surface area contributed by atoms with Crippen molar-refractivity contribution < 1.29 is 4.74 Å². The first-order valence-electron chi connectivity index (χ1n) is 4.44. The second kappa shape index (κ2) is 5.44. The summed E-state index contributed by atoms with van der Waals surface area (Å²) in [6, 6.07) is 7.94. The SMILES string of the molecule is Cl.Clc1ccc(N2CCOCC2)cc1. The third kappa shape index (κ3) is 2.77. The zero-order chi connectivity index (χ0) is 9.10. The van der Waals surface area contributed by atoms with Crippen molar-refractivity contribution in [2.24, 2.45) is 0 Å². The molecule has 2 rings (SSSR count). The Morgan fingerprint density at radius 1 is 1.07 bits per heavy atom. The molecule has 0 spiro atoms. The minimum atomic E-state index is 0. The van der Waals surface area contributed by atoms with E-state index in [0.29, 0.717) is 0 Å². The van der Waals surface area contributed by atoms with E-state index < -0.39 is 0 Å². The van der Waals surface area contributed by atoms with Gasteiger partial charge in [0.1, 0.15) is 0 Å². The second-order valence-electron chi connectivity index (χ2n) is 3.08. The first-order valence-corrected chi connectivity index (χ1v) is 4.82. The zero-order valence-corrected chi connectivity index (χ0v) is 9.35. The fourth-order valence-electron chi connectivity index (χ4n) is 1.47. The first-order chi connectivity index (χ1) is 6.36. The number of nitrogens with zero attached hydrogens (tertiary/aromatic N) is 1. The zero-order valence-electron chi connectivity index (χ0n) is 7.78. The van der Waals surface area contributed by atoms with E-state index in [1.807, 2.05) is 24.3 Å². The average molecular weight is 234 g/mol. The van der Waals surface area contributed by atoms with Crippen molar-refractivity contribution in [1.29, 1.82) is 0 Å². The van der Waals surface area contributed by atoms with Gasteiger partial charge in [0, 0.05) is 23.8 Å². The Kier molecular flexibility index (Phi) is 4.52. The summed E-state index contributed by atoms with van der Waals surface area (Å²) in [6.45, 7) is 3.59. The molecule has 1 aliphatic heterocycles. The van der Waals surface area contributed by atoms with Gasteiger partial charge < -0.3 is 9.64 Å². The van der Waals surface area contributed by atoms with Crippen LogP contribution < -0.4 is 4.90 Å². The molecule has 0 atom stereocenters. The molecular formula is C10H13Cl2NO. The van der Waals surface area contributed by atoms with Crippen molar-refractivity contribution in [3.8, 4) is 0 Å². The summed E-state index contributed by atoms with van der Waals surface area (Å²) in [5, 5.41) is 0.789. The average Bonchev–Trinajstić information content (AvgIpc) is 2.20. The fourth-order valence-corrected chi connectivity index (χ4v) is 1.60. The highest BCUT2D eigenvalue weighted by molar-refractivity contribution is 6.30.